The molecule has 0 aliphatic rings. The molecule has 0 aromatic carbocycles. The van der Waals surface area contributed by atoms with Crippen molar-refractivity contribution in [3.63, 3.8) is 0 Å². The summed E-state index contributed by atoms with van der Waals surface area (Å²) in [6, 6.07) is 0. The fraction of sp³-hybridized carbons (Fsp3) is 0.400. The van der Waals surface area contributed by atoms with Gasteiger partial charge in [0.25, 0.3) is 5.91 Å². The van der Waals surface area contributed by atoms with E-state index in [0.29, 0.717) is 0 Å². The lowest BCUT2D eigenvalue weighted by Crippen LogP contribution is -2.16. The molecule has 0 fully saturated rings. The maximum atomic E-state index is 10.2. The van der Waals surface area contributed by atoms with Crippen molar-refractivity contribution in [2.24, 2.45) is 5.73 Å². The van der Waals surface area contributed by atoms with Gasteiger partial charge in [-0.15, -0.1) is 0 Å². The Hall–Kier alpha value is -0.510. The summed E-state index contributed by atoms with van der Waals surface area (Å²) in [6.45, 7) is 4.98. The average Bonchev–Trinajstić information content (AvgIpc) is 1.63. The molecule has 0 aromatic heterocycles. The maximum Gasteiger partial charge on any atom is 0.283 e. The second kappa shape index (κ2) is 3.50. The number of rotatable bonds is 3. The van der Waals surface area contributed by atoms with Crippen LogP contribution in [0.2, 0.25) is 0 Å². The Bertz CT molecular complexity index is 133. The summed E-state index contributed by atoms with van der Waals surface area (Å²) in [5.74, 6) is -0.666. The number of amides is 1. The van der Waals surface area contributed by atoms with Gasteiger partial charge in [-0.05, 0) is 22.9 Å². The third-order valence-corrected chi connectivity index (χ3v) is 0.766. The zero-order valence-corrected chi connectivity index (χ0v) is 6.64. The molecule has 1 amide bonds. The van der Waals surface area contributed by atoms with Crippen LogP contribution in [0.1, 0.15) is 6.92 Å². The van der Waals surface area contributed by atoms with Crippen molar-refractivity contribution >= 4 is 21.8 Å². The monoisotopic (exact) mass is 193 g/mol. The molecule has 0 spiro atoms. The smallest absolute Gasteiger partial charge is 0.283 e. The Kier molecular flexibility index (Phi) is 3.30. The Morgan fingerprint density at radius 1 is 1.89 bits per heavy atom. The lowest BCUT2D eigenvalue weighted by Gasteiger charge is -2.06. The van der Waals surface area contributed by atoms with Crippen LogP contribution in [0.15, 0.2) is 12.3 Å². The first-order valence-electron chi connectivity index (χ1n) is 2.33. The molecule has 0 rings (SSSR count). The molecule has 0 bridgehead atoms. The van der Waals surface area contributed by atoms with Crippen LogP contribution < -0.4 is 5.73 Å². The highest BCUT2D eigenvalue weighted by Gasteiger charge is 2.03. The van der Waals surface area contributed by atoms with Crippen LogP contribution in [0, 0.1) is 0 Å². The van der Waals surface area contributed by atoms with E-state index < -0.39 is 5.91 Å². The molecule has 0 aliphatic heterocycles. The minimum Gasteiger partial charge on any atom is -0.474 e. The van der Waals surface area contributed by atoms with Gasteiger partial charge in [-0.3, -0.25) is 4.79 Å². The highest BCUT2D eigenvalue weighted by molar-refractivity contribution is 9.09. The molecule has 0 aromatic rings. The minimum atomic E-state index is -0.638. The highest BCUT2D eigenvalue weighted by atomic mass is 79.9. The van der Waals surface area contributed by atoms with E-state index in [1.165, 1.54) is 0 Å². The third kappa shape index (κ3) is 4.02. The van der Waals surface area contributed by atoms with Gasteiger partial charge in [-0.25, -0.2) is 0 Å². The lowest BCUT2D eigenvalue weighted by atomic mass is 10.5. The van der Waals surface area contributed by atoms with Crippen LogP contribution in [0.5, 0.6) is 0 Å². The molecular formula is C5H8BrNO2. The van der Waals surface area contributed by atoms with Crippen LogP contribution in [0.3, 0.4) is 0 Å². The topological polar surface area (TPSA) is 52.3 Å². The molecule has 4 heteroatoms. The van der Waals surface area contributed by atoms with Crippen molar-refractivity contribution in [3.8, 4) is 0 Å². The van der Waals surface area contributed by atoms with E-state index in [1.807, 2.05) is 0 Å². The Balaban J connectivity index is 3.65. The summed E-state index contributed by atoms with van der Waals surface area (Å²) < 4.78 is 4.76. The molecule has 2 N–H and O–H groups in total. The summed E-state index contributed by atoms with van der Waals surface area (Å²) in [5.41, 5.74) is 4.80. The summed E-state index contributed by atoms with van der Waals surface area (Å²) in [4.78, 5) is 10.2. The largest absolute Gasteiger partial charge is 0.474 e. The molecular weight excluding hydrogens is 186 g/mol. The Morgan fingerprint density at radius 3 is 2.44 bits per heavy atom. The molecule has 0 aliphatic carbocycles. The van der Waals surface area contributed by atoms with Gasteiger partial charge < -0.3 is 10.5 Å². The highest BCUT2D eigenvalue weighted by Crippen LogP contribution is 2.04. The second-order valence-corrected chi connectivity index (χ2v) is 2.74. The van der Waals surface area contributed by atoms with Crippen LogP contribution in [-0.4, -0.2) is 10.9 Å². The molecule has 1 atom stereocenters. The van der Waals surface area contributed by atoms with Crippen molar-refractivity contribution < 1.29 is 9.53 Å². The van der Waals surface area contributed by atoms with Gasteiger partial charge in [-0.2, -0.15) is 0 Å². The third-order valence-electron chi connectivity index (χ3n) is 0.579. The summed E-state index contributed by atoms with van der Waals surface area (Å²) >= 11 is 3.05. The number of nitrogens with two attached hydrogens (primary N) is 1. The van der Waals surface area contributed by atoms with E-state index in [0.717, 1.165) is 0 Å². The van der Waals surface area contributed by atoms with Crippen LogP contribution in [0.25, 0.3) is 0 Å². The standard InChI is InChI=1S/C5H8BrNO2/c1-3(5(7)8)9-4(2)6/h4H,1H2,2H3,(H2,7,8). The number of carbonyl (C=O) groups is 1. The summed E-state index contributed by atoms with van der Waals surface area (Å²) in [5, 5.41) is -0.225. The first kappa shape index (κ1) is 8.49. The molecule has 0 heterocycles. The van der Waals surface area contributed by atoms with E-state index in [1.54, 1.807) is 6.92 Å². The van der Waals surface area contributed by atoms with Crippen LogP contribution in [0.4, 0.5) is 0 Å². The van der Waals surface area contributed by atoms with Crippen molar-refractivity contribution in [1.82, 2.24) is 0 Å². The van der Waals surface area contributed by atoms with Crippen molar-refractivity contribution in [2.45, 2.75) is 11.9 Å². The molecule has 9 heavy (non-hydrogen) atoms. The second-order valence-electron chi connectivity index (χ2n) is 1.45. The zero-order valence-electron chi connectivity index (χ0n) is 5.06. The predicted octanol–water partition coefficient (Wildman–Crippen LogP) is 0.743. The first-order valence-corrected chi connectivity index (χ1v) is 3.25. The SMILES string of the molecule is C=C(OC(C)Br)C(N)=O. The molecule has 0 saturated carbocycles. The average molecular weight is 194 g/mol. The van der Waals surface area contributed by atoms with E-state index in [4.69, 9.17) is 10.5 Å². The summed E-state index contributed by atoms with van der Waals surface area (Å²) in [6.07, 6.45) is 0. The Labute approximate surface area is 62.0 Å². The van der Waals surface area contributed by atoms with Crippen LogP contribution in [-0.2, 0) is 9.53 Å². The van der Waals surface area contributed by atoms with Gasteiger partial charge in [0.2, 0.25) is 0 Å². The molecule has 52 valence electrons. The van der Waals surface area contributed by atoms with Crippen molar-refractivity contribution in [2.75, 3.05) is 0 Å². The molecule has 0 saturated heterocycles. The number of halogens is 1. The normalized spacial score (nSPS) is 12.2. The Morgan fingerprint density at radius 2 is 2.33 bits per heavy atom. The van der Waals surface area contributed by atoms with Gasteiger partial charge >= 0.3 is 0 Å². The number of carbonyl (C=O) groups excluding carboxylic acids is 1. The number of hydrogen-bond donors (Lipinski definition) is 1. The van der Waals surface area contributed by atoms with Gasteiger partial charge in [0, 0.05) is 0 Å². The van der Waals surface area contributed by atoms with E-state index >= 15 is 0 Å². The minimum absolute atomic E-state index is 0.0284. The molecule has 1 unspecified atom stereocenters. The first-order chi connectivity index (χ1) is 4.04. The van der Waals surface area contributed by atoms with E-state index in [-0.39, 0.29) is 10.8 Å². The number of primary amides is 1. The summed E-state index contributed by atoms with van der Waals surface area (Å²) in [7, 11) is 0. The van der Waals surface area contributed by atoms with Gasteiger partial charge in [0.1, 0.15) is 0 Å². The van der Waals surface area contributed by atoms with Gasteiger partial charge in [0.05, 0.1) is 0 Å². The number of hydrogen-bond acceptors (Lipinski definition) is 2. The van der Waals surface area contributed by atoms with Crippen LogP contribution >= 0.6 is 15.9 Å². The fourth-order valence-electron chi connectivity index (χ4n) is 0.254. The number of alkyl halides is 1. The molecule has 0 radical (unpaired) electrons. The lowest BCUT2D eigenvalue weighted by molar-refractivity contribution is -0.117. The fourth-order valence-corrected chi connectivity index (χ4v) is 0.480. The molecule has 3 nitrogen and oxygen atoms in total. The van der Waals surface area contributed by atoms with E-state index in [2.05, 4.69) is 22.5 Å². The van der Waals surface area contributed by atoms with Crippen molar-refractivity contribution in [1.29, 1.82) is 0 Å². The van der Waals surface area contributed by atoms with E-state index in [9.17, 15) is 4.79 Å². The van der Waals surface area contributed by atoms with Gasteiger partial charge in [0.15, 0.2) is 10.8 Å². The number of ether oxygens (including phenoxy) is 1. The van der Waals surface area contributed by atoms with Gasteiger partial charge in [-0.1, -0.05) is 6.58 Å². The van der Waals surface area contributed by atoms with Crippen molar-refractivity contribution in [3.05, 3.63) is 12.3 Å². The zero-order chi connectivity index (χ0) is 7.44. The predicted molar refractivity (Wildman–Crippen MR) is 37.8 cm³/mol. The quantitative estimate of drug-likeness (QED) is 0.409. The maximum absolute atomic E-state index is 10.2.